The Kier molecular flexibility index (Phi) is 6.24. The Morgan fingerprint density at radius 3 is 2.70 bits per heavy atom. The van der Waals surface area contributed by atoms with Gasteiger partial charge in [-0.15, -0.1) is 0 Å². The standard InChI is InChI=1S/C16H27NO3/c1-5-6-7-8-9-13-10-11-17(14(18)12-13)15(19)20-16(2,3)4/h8-9,13H,5-7,10-12H2,1-4H3/b9-8+/t13-/m1/s1. The molecule has 0 aromatic carbocycles. The van der Waals surface area contributed by atoms with Gasteiger partial charge in [0.25, 0.3) is 0 Å². The summed E-state index contributed by atoms with van der Waals surface area (Å²) >= 11 is 0. The van der Waals surface area contributed by atoms with Crippen molar-refractivity contribution in [2.75, 3.05) is 6.54 Å². The second kappa shape index (κ2) is 7.46. The van der Waals surface area contributed by atoms with Gasteiger partial charge in [-0.3, -0.25) is 4.79 Å². The summed E-state index contributed by atoms with van der Waals surface area (Å²) < 4.78 is 5.24. The monoisotopic (exact) mass is 281 g/mol. The van der Waals surface area contributed by atoms with Gasteiger partial charge in [0, 0.05) is 13.0 Å². The van der Waals surface area contributed by atoms with E-state index < -0.39 is 11.7 Å². The molecule has 0 radical (unpaired) electrons. The zero-order valence-electron chi connectivity index (χ0n) is 13.1. The molecule has 1 heterocycles. The molecule has 1 aliphatic rings. The number of piperidine rings is 1. The van der Waals surface area contributed by atoms with Crippen LogP contribution in [0.4, 0.5) is 4.79 Å². The minimum absolute atomic E-state index is 0.129. The lowest BCUT2D eigenvalue weighted by molar-refractivity contribution is -0.133. The molecule has 0 aliphatic carbocycles. The number of ether oxygens (including phenoxy) is 1. The maximum absolute atomic E-state index is 12.0. The van der Waals surface area contributed by atoms with E-state index in [0.717, 1.165) is 12.8 Å². The van der Waals surface area contributed by atoms with E-state index in [4.69, 9.17) is 4.74 Å². The Morgan fingerprint density at radius 1 is 1.45 bits per heavy atom. The van der Waals surface area contributed by atoms with Crippen LogP contribution in [0, 0.1) is 5.92 Å². The van der Waals surface area contributed by atoms with Crippen LogP contribution in [0.3, 0.4) is 0 Å². The van der Waals surface area contributed by atoms with Gasteiger partial charge in [-0.2, -0.15) is 0 Å². The SMILES string of the molecule is CCCC/C=C/[C@@H]1CCN(C(=O)OC(C)(C)C)C(=O)C1. The van der Waals surface area contributed by atoms with Crippen LogP contribution in [0.25, 0.3) is 0 Å². The average Bonchev–Trinajstić information content (AvgIpc) is 2.32. The number of hydrogen-bond donors (Lipinski definition) is 0. The third-order valence-corrected chi connectivity index (χ3v) is 3.21. The number of carbonyl (C=O) groups is 2. The highest BCUT2D eigenvalue weighted by Gasteiger charge is 2.31. The largest absolute Gasteiger partial charge is 0.443 e. The van der Waals surface area contributed by atoms with Gasteiger partial charge in [-0.05, 0) is 39.5 Å². The van der Waals surface area contributed by atoms with E-state index >= 15 is 0 Å². The average molecular weight is 281 g/mol. The van der Waals surface area contributed by atoms with Gasteiger partial charge in [-0.1, -0.05) is 31.9 Å². The first-order valence-corrected chi connectivity index (χ1v) is 7.53. The first kappa shape index (κ1) is 16.7. The first-order valence-electron chi connectivity index (χ1n) is 7.53. The maximum Gasteiger partial charge on any atom is 0.417 e. The molecule has 0 aromatic rings. The summed E-state index contributed by atoms with van der Waals surface area (Å²) in [6.45, 7) is 8.03. The van der Waals surface area contributed by atoms with Gasteiger partial charge in [0.2, 0.25) is 5.91 Å². The van der Waals surface area contributed by atoms with Crippen LogP contribution in [0.15, 0.2) is 12.2 Å². The number of unbranched alkanes of at least 4 members (excludes halogenated alkanes) is 2. The molecule has 4 nitrogen and oxygen atoms in total. The third kappa shape index (κ3) is 5.76. The predicted octanol–water partition coefficient (Wildman–Crippen LogP) is 3.91. The Labute approximate surface area is 122 Å². The Morgan fingerprint density at radius 2 is 2.15 bits per heavy atom. The van der Waals surface area contributed by atoms with Crippen molar-refractivity contribution >= 4 is 12.0 Å². The van der Waals surface area contributed by atoms with Crippen LogP contribution in [0.5, 0.6) is 0 Å². The molecule has 1 saturated heterocycles. The van der Waals surface area contributed by atoms with E-state index in [1.807, 2.05) is 0 Å². The van der Waals surface area contributed by atoms with Crippen LogP contribution < -0.4 is 0 Å². The van der Waals surface area contributed by atoms with E-state index in [1.54, 1.807) is 20.8 Å². The van der Waals surface area contributed by atoms with E-state index in [1.165, 1.54) is 17.7 Å². The minimum Gasteiger partial charge on any atom is -0.443 e. The predicted molar refractivity (Wildman–Crippen MR) is 79.3 cm³/mol. The quantitative estimate of drug-likeness (QED) is 0.580. The van der Waals surface area contributed by atoms with Gasteiger partial charge >= 0.3 is 6.09 Å². The summed E-state index contributed by atoms with van der Waals surface area (Å²) in [6, 6.07) is 0. The molecular formula is C16H27NO3. The van der Waals surface area contributed by atoms with E-state index in [2.05, 4.69) is 19.1 Å². The highest BCUT2D eigenvalue weighted by molar-refractivity contribution is 5.92. The summed E-state index contributed by atoms with van der Waals surface area (Å²) in [5, 5.41) is 0. The van der Waals surface area contributed by atoms with Crippen molar-refractivity contribution < 1.29 is 14.3 Å². The number of allylic oxidation sites excluding steroid dienone is 2. The van der Waals surface area contributed by atoms with Crippen LogP contribution in [-0.4, -0.2) is 29.0 Å². The molecule has 0 aromatic heterocycles. The van der Waals surface area contributed by atoms with Gasteiger partial charge in [0.05, 0.1) is 0 Å². The molecule has 1 fully saturated rings. The molecule has 4 heteroatoms. The fraction of sp³-hybridized carbons (Fsp3) is 0.750. The molecule has 0 bridgehead atoms. The maximum atomic E-state index is 12.0. The van der Waals surface area contributed by atoms with Crippen LogP contribution in [-0.2, 0) is 9.53 Å². The minimum atomic E-state index is -0.561. The van der Waals surface area contributed by atoms with Crippen LogP contribution in [0.1, 0.15) is 59.8 Å². The molecular weight excluding hydrogens is 254 g/mol. The highest BCUT2D eigenvalue weighted by atomic mass is 16.6. The molecule has 0 spiro atoms. The number of nitrogens with zero attached hydrogens (tertiary/aromatic N) is 1. The number of hydrogen-bond acceptors (Lipinski definition) is 3. The molecule has 0 unspecified atom stereocenters. The molecule has 114 valence electrons. The van der Waals surface area contributed by atoms with Gasteiger partial charge in [0.15, 0.2) is 0 Å². The van der Waals surface area contributed by atoms with Crippen molar-refractivity contribution in [1.29, 1.82) is 0 Å². The van der Waals surface area contributed by atoms with Gasteiger partial charge < -0.3 is 4.74 Å². The van der Waals surface area contributed by atoms with Crippen molar-refractivity contribution in [2.45, 2.75) is 65.4 Å². The van der Waals surface area contributed by atoms with Crippen LogP contribution in [0.2, 0.25) is 0 Å². The fourth-order valence-electron chi connectivity index (χ4n) is 2.14. The number of rotatable bonds is 4. The molecule has 2 amide bonds. The number of imide groups is 1. The lowest BCUT2D eigenvalue weighted by Gasteiger charge is -2.31. The Balaban J connectivity index is 2.45. The third-order valence-electron chi connectivity index (χ3n) is 3.21. The summed E-state index contributed by atoms with van der Waals surface area (Å²) in [7, 11) is 0. The molecule has 1 rings (SSSR count). The molecule has 1 atom stereocenters. The van der Waals surface area contributed by atoms with Gasteiger partial charge in [0.1, 0.15) is 5.60 Å². The summed E-state index contributed by atoms with van der Waals surface area (Å²) in [5.74, 6) is 0.133. The molecule has 0 saturated carbocycles. The normalized spacial score (nSPS) is 20.5. The summed E-state index contributed by atoms with van der Waals surface area (Å²) in [4.78, 5) is 25.1. The van der Waals surface area contributed by atoms with Crippen molar-refractivity contribution in [3.8, 4) is 0 Å². The lowest BCUT2D eigenvalue weighted by Crippen LogP contribution is -2.45. The fourth-order valence-corrected chi connectivity index (χ4v) is 2.14. The lowest BCUT2D eigenvalue weighted by atomic mass is 9.95. The molecule has 0 N–H and O–H groups in total. The zero-order chi connectivity index (χ0) is 15.2. The molecule has 1 aliphatic heterocycles. The van der Waals surface area contributed by atoms with Crippen molar-refractivity contribution in [3.05, 3.63) is 12.2 Å². The van der Waals surface area contributed by atoms with E-state index in [0.29, 0.717) is 13.0 Å². The summed E-state index contributed by atoms with van der Waals surface area (Å²) in [6.07, 6.45) is 8.43. The number of likely N-dealkylation sites (tertiary alicyclic amines) is 1. The highest BCUT2D eigenvalue weighted by Crippen LogP contribution is 2.22. The second-order valence-corrected chi connectivity index (χ2v) is 6.35. The van der Waals surface area contributed by atoms with Crippen molar-refractivity contribution in [3.63, 3.8) is 0 Å². The van der Waals surface area contributed by atoms with Crippen molar-refractivity contribution in [2.24, 2.45) is 5.92 Å². The topological polar surface area (TPSA) is 46.6 Å². The second-order valence-electron chi connectivity index (χ2n) is 6.35. The number of carbonyl (C=O) groups excluding carboxylic acids is 2. The van der Waals surface area contributed by atoms with E-state index in [9.17, 15) is 9.59 Å². The van der Waals surface area contributed by atoms with Crippen molar-refractivity contribution in [1.82, 2.24) is 4.90 Å². The zero-order valence-corrected chi connectivity index (χ0v) is 13.1. The van der Waals surface area contributed by atoms with Gasteiger partial charge in [-0.25, -0.2) is 9.69 Å². The smallest absolute Gasteiger partial charge is 0.417 e. The molecule has 20 heavy (non-hydrogen) atoms. The Bertz CT molecular complexity index is 368. The van der Waals surface area contributed by atoms with E-state index in [-0.39, 0.29) is 11.8 Å². The first-order chi connectivity index (χ1) is 9.33. The summed E-state index contributed by atoms with van der Waals surface area (Å²) in [5.41, 5.74) is -0.561. The Hall–Kier alpha value is -1.32. The number of amides is 2. The van der Waals surface area contributed by atoms with Crippen LogP contribution >= 0.6 is 0 Å².